The second kappa shape index (κ2) is 6.25. The van der Waals surface area contributed by atoms with Crippen molar-refractivity contribution < 1.29 is 18.7 Å². The van der Waals surface area contributed by atoms with Crippen LogP contribution in [0.3, 0.4) is 0 Å². The molecule has 1 atom stereocenters. The molecule has 2 aromatic rings. The molecule has 1 amide bonds. The summed E-state index contributed by atoms with van der Waals surface area (Å²) in [5, 5.41) is 0.527. The minimum atomic E-state index is -0.647. The summed E-state index contributed by atoms with van der Waals surface area (Å²) in [7, 11) is 0. The normalized spacial score (nSPS) is 19.7. The Balaban J connectivity index is 1.86. The van der Waals surface area contributed by atoms with Crippen LogP contribution in [0.5, 0.6) is 0 Å². The number of rotatable bonds is 2. The van der Waals surface area contributed by atoms with Crippen molar-refractivity contribution in [3.05, 3.63) is 75.7 Å². The van der Waals surface area contributed by atoms with E-state index in [1.807, 2.05) is 13.0 Å². The van der Waals surface area contributed by atoms with E-state index >= 15 is 0 Å². The van der Waals surface area contributed by atoms with Gasteiger partial charge in [0.25, 0.3) is 0 Å². The zero-order valence-electron chi connectivity index (χ0n) is 14.0. The molecule has 0 aromatic heterocycles. The molecule has 132 valence electrons. The van der Waals surface area contributed by atoms with Crippen LogP contribution in [0, 0.1) is 12.7 Å². The highest BCUT2D eigenvalue weighted by molar-refractivity contribution is 6.31. The predicted octanol–water partition coefficient (Wildman–Crippen LogP) is 4.12. The first-order valence-corrected chi connectivity index (χ1v) is 8.59. The summed E-state index contributed by atoms with van der Waals surface area (Å²) >= 11 is 6.20. The van der Waals surface area contributed by atoms with Crippen molar-refractivity contribution in [1.82, 2.24) is 0 Å². The first-order chi connectivity index (χ1) is 12.5. The standard InChI is InChI=1S/C20H15ClFNO3/c1-11-6-7-12(8-15(11)21)23-17-10-26-20(25)19(17)14(9-18(23)24)13-4-2-3-5-16(13)22/h2-8,14H,9-10H2,1H3/t14-/m0/s1. The molecule has 0 N–H and O–H groups in total. The fourth-order valence-corrected chi connectivity index (χ4v) is 3.67. The number of halogens is 2. The van der Waals surface area contributed by atoms with E-state index in [-0.39, 0.29) is 18.9 Å². The van der Waals surface area contributed by atoms with Crippen molar-refractivity contribution in [3.63, 3.8) is 0 Å². The van der Waals surface area contributed by atoms with Crippen LogP contribution in [0.4, 0.5) is 10.1 Å². The minimum Gasteiger partial charge on any atom is -0.456 e. The second-order valence-corrected chi connectivity index (χ2v) is 6.78. The molecule has 0 bridgehead atoms. The van der Waals surface area contributed by atoms with Crippen LogP contribution in [0.15, 0.2) is 53.7 Å². The van der Waals surface area contributed by atoms with Gasteiger partial charge in [-0.2, -0.15) is 0 Å². The number of hydrogen-bond acceptors (Lipinski definition) is 3. The summed E-state index contributed by atoms with van der Waals surface area (Å²) < 4.78 is 19.5. The molecule has 2 aromatic carbocycles. The number of cyclic esters (lactones) is 1. The van der Waals surface area contributed by atoms with Crippen LogP contribution in [0.25, 0.3) is 0 Å². The zero-order valence-corrected chi connectivity index (χ0v) is 14.7. The fraction of sp³-hybridized carbons (Fsp3) is 0.200. The van der Waals surface area contributed by atoms with Gasteiger partial charge in [0.15, 0.2) is 0 Å². The molecule has 4 nitrogen and oxygen atoms in total. The number of carbonyl (C=O) groups is 2. The SMILES string of the molecule is Cc1ccc(N2C(=O)C[C@@H](c3ccccc3F)C3=C2COC3=O)cc1Cl. The number of benzene rings is 2. The molecule has 0 radical (unpaired) electrons. The highest BCUT2D eigenvalue weighted by Crippen LogP contribution is 2.42. The third kappa shape index (κ3) is 2.59. The maximum Gasteiger partial charge on any atom is 0.336 e. The van der Waals surface area contributed by atoms with Crippen LogP contribution in [0.2, 0.25) is 5.02 Å². The third-order valence-electron chi connectivity index (χ3n) is 4.81. The maximum atomic E-state index is 14.3. The van der Waals surface area contributed by atoms with Gasteiger partial charge in [-0.3, -0.25) is 9.69 Å². The number of ether oxygens (including phenoxy) is 1. The van der Waals surface area contributed by atoms with Gasteiger partial charge in [0.05, 0.1) is 17.0 Å². The Morgan fingerprint density at radius 1 is 1.19 bits per heavy atom. The number of esters is 1. The first-order valence-electron chi connectivity index (χ1n) is 8.21. The molecule has 4 rings (SSSR count). The van der Waals surface area contributed by atoms with Crippen LogP contribution >= 0.6 is 11.6 Å². The average Bonchev–Trinajstić information content (AvgIpc) is 2.99. The molecule has 2 aliphatic rings. The molecule has 2 heterocycles. The highest BCUT2D eigenvalue weighted by atomic mass is 35.5. The van der Waals surface area contributed by atoms with Gasteiger partial charge in [-0.15, -0.1) is 0 Å². The molecular weight excluding hydrogens is 357 g/mol. The van der Waals surface area contributed by atoms with E-state index in [1.165, 1.54) is 11.0 Å². The van der Waals surface area contributed by atoms with Crippen molar-refractivity contribution in [3.8, 4) is 0 Å². The third-order valence-corrected chi connectivity index (χ3v) is 5.22. The monoisotopic (exact) mass is 371 g/mol. The van der Waals surface area contributed by atoms with Gasteiger partial charge in [0, 0.05) is 17.4 Å². The molecule has 0 unspecified atom stereocenters. The Bertz CT molecular complexity index is 969. The van der Waals surface area contributed by atoms with Crippen molar-refractivity contribution in [1.29, 1.82) is 0 Å². The number of amides is 1. The molecule has 0 spiro atoms. The Hall–Kier alpha value is -2.66. The van der Waals surface area contributed by atoms with Crippen LogP contribution < -0.4 is 4.90 Å². The first kappa shape index (κ1) is 16.8. The van der Waals surface area contributed by atoms with E-state index in [1.54, 1.807) is 30.3 Å². The highest BCUT2D eigenvalue weighted by Gasteiger charge is 2.43. The number of carbonyl (C=O) groups excluding carboxylic acids is 2. The summed E-state index contributed by atoms with van der Waals surface area (Å²) in [6, 6.07) is 11.5. The smallest absolute Gasteiger partial charge is 0.336 e. The van der Waals surface area contributed by atoms with E-state index in [9.17, 15) is 14.0 Å². The number of aryl methyl sites for hydroxylation is 1. The van der Waals surface area contributed by atoms with Gasteiger partial charge in [-0.25, -0.2) is 9.18 Å². The molecule has 0 fully saturated rings. The summed E-state index contributed by atoms with van der Waals surface area (Å²) in [6.45, 7) is 1.85. The lowest BCUT2D eigenvalue weighted by molar-refractivity contribution is -0.136. The van der Waals surface area contributed by atoms with Gasteiger partial charge in [-0.1, -0.05) is 35.9 Å². The van der Waals surface area contributed by atoms with Gasteiger partial charge < -0.3 is 4.74 Å². The Morgan fingerprint density at radius 2 is 1.96 bits per heavy atom. The summed E-state index contributed by atoms with van der Waals surface area (Å²) in [5.41, 5.74) is 2.58. The lowest BCUT2D eigenvalue weighted by Crippen LogP contribution is -2.37. The van der Waals surface area contributed by atoms with Crippen molar-refractivity contribution in [2.45, 2.75) is 19.3 Å². The number of nitrogens with zero attached hydrogens (tertiary/aromatic N) is 1. The molecule has 0 saturated heterocycles. The Kier molecular flexibility index (Phi) is 4.04. The van der Waals surface area contributed by atoms with E-state index in [2.05, 4.69) is 0 Å². The Morgan fingerprint density at radius 3 is 2.69 bits per heavy atom. The second-order valence-electron chi connectivity index (χ2n) is 6.38. The molecule has 2 aliphatic heterocycles. The fourth-order valence-electron chi connectivity index (χ4n) is 3.50. The molecular formula is C20H15ClFNO3. The van der Waals surface area contributed by atoms with Crippen molar-refractivity contribution >= 4 is 29.2 Å². The van der Waals surface area contributed by atoms with Gasteiger partial charge in [0.1, 0.15) is 12.4 Å². The predicted molar refractivity (Wildman–Crippen MR) is 95.4 cm³/mol. The zero-order chi connectivity index (χ0) is 18.4. The average molecular weight is 372 g/mol. The maximum absolute atomic E-state index is 14.3. The van der Waals surface area contributed by atoms with Crippen LogP contribution in [0.1, 0.15) is 23.5 Å². The Labute approximate surface area is 154 Å². The van der Waals surface area contributed by atoms with E-state index in [0.29, 0.717) is 27.5 Å². The van der Waals surface area contributed by atoms with E-state index < -0.39 is 17.7 Å². The molecule has 0 saturated carbocycles. The minimum absolute atomic E-state index is 0.0135. The summed E-state index contributed by atoms with van der Waals surface area (Å²) in [5.74, 6) is -1.83. The van der Waals surface area contributed by atoms with Crippen molar-refractivity contribution in [2.75, 3.05) is 11.5 Å². The molecule has 26 heavy (non-hydrogen) atoms. The van der Waals surface area contributed by atoms with Crippen molar-refractivity contribution in [2.24, 2.45) is 0 Å². The van der Waals surface area contributed by atoms with Gasteiger partial charge in [-0.05, 0) is 36.2 Å². The van der Waals surface area contributed by atoms with Crippen LogP contribution in [-0.4, -0.2) is 18.5 Å². The van der Waals surface area contributed by atoms with E-state index in [0.717, 1.165) is 5.56 Å². The molecule has 0 aliphatic carbocycles. The summed E-state index contributed by atoms with van der Waals surface area (Å²) in [4.78, 5) is 26.7. The lowest BCUT2D eigenvalue weighted by Gasteiger charge is -2.32. The number of hydrogen-bond donors (Lipinski definition) is 0. The molecule has 6 heteroatoms. The van der Waals surface area contributed by atoms with Gasteiger partial charge >= 0.3 is 5.97 Å². The van der Waals surface area contributed by atoms with Gasteiger partial charge in [0.2, 0.25) is 5.91 Å². The van der Waals surface area contributed by atoms with Crippen LogP contribution in [-0.2, 0) is 14.3 Å². The van der Waals surface area contributed by atoms with E-state index in [4.69, 9.17) is 16.3 Å². The topological polar surface area (TPSA) is 46.6 Å². The quantitative estimate of drug-likeness (QED) is 0.746. The lowest BCUT2D eigenvalue weighted by atomic mass is 9.84. The summed E-state index contributed by atoms with van der Waals surface area (Å²) in [6.07, 6.45) is -0.0135. The largest absolute Gasteiger partial charge is 0.456 e. The number of anilines is 1.